The van der Waals surface area contributed by atoms with Crippen LogP contribution in [0, 0.1) is 20.8 Å². The highest BCUT2D eigenvalue weighted by Gasteiger charge is 2.33. The average Bonchev–Trinajstić information content (AvgIpc) is 2.88. The van der Waals surface area contributed by atoms with E-state index in [1.165, 1.54) is 17.0 Å². The molecule has 0 aliphatic carbocycles. The minimum absolute atomic E-state index is 0.0155. The molecule has 1 N–H and O–H groups in total. The second kappa shape index (κ2) is 12.9. The first-order chi connectivity index (χ1) is 18.4. The Morgan fingerprint density at radius 2 is 1.64 bits per heavy atom. The van der Waals surface area contributed by atoms with Crippen LogP contribution in [0.25, 0.3) is 0 Å². The Balaban J connectivity index is 2.09. The number of hydrogen-bond donors (Lipinski definition) is 1. The number of nitrogens with one attached hydrogen (secondary N) is 1. The maximum Gasteiger partial charge on any atom is 0.264 e. The standard InChI is InChI=1S/C29H33Cl2N3O4S/c1-6-32-29(36)22(5)33(17-23-12-13-24(30)16-26(23)31)28(35)18-34(27-9-7-8-20(3)21(27)4)39(37,38)25-14-10-19(2)11-15-25/h7-16,22H,6,17-18H2,1-5H3,(H,32,36)/t22-/m1/s1. The van der Waals surface area contributed by atoms with Crippen molar-refractivity contribution in [3.05, 3.63) is 93.0 Å². The maximum atomic E-state index is 14.0. The second-order valence-electron chi connectivity index (χ2n) is 9.37. The highest BCUT2D eigenvalue weighted by molar-refractivity contribution is 7.92. The number of aryl methyl sites for hydroxylation is 2. The Labute approximate surface area is 240 Å². The van der Waals surface area contributed by atoms with E-state index in [0.29, 0.717) is 27.8 Å². The van der Waals surface area contributed by atoms with E-state index >= 15 is 0 Å². The van der Waals surface area contributed by atoms with E-state index in [-0.39, 0.29) is 17.3 Å². The largest absolute Gasteiger partial charge is 0.355 e. The minimum atomic E-state index is -4.14. The fourth-order valence-electron chi connectivity index (χ4n) is 4.09. The molecule has 10 heteroatoms. The van der Waals surface area contributed by atoms with Gasteiger partial charge in [0.1, 0.15) is 12.6 Å². The number of nitrogens with zero attached hydrogens (tertiary/aromatic N) is 2. The van der Waals surface area contributed by atoms with E-state index in [9.17, 15) is 18.0 Å². The fourth-order valence-corrected chi connectivity index (χ4v) is 6.03. The fraction of sp³-hybridized carbons (Fsp3) is 0.310. The monoisotopic (exact) mass is 589 g/mol. The smallest absolute Gasteiger partial charge is 0.264 e. The summed E-state index contributed by atoms with van der Waals surface area (Å²) in [5.74, 6) is -0.924. The maximum absolute atomic E-state index is 14.0. The molecule has 7 nitrogen and oxygen atoms in total. The number of rotatable bonds is 10. The lowest BCUT2D eigenvalue weighted by Gasteiger charge is -2.32. The van der Waals surface area contributed by atoms with Gasteiger partial charge in [-0.2, -0.15) is 0 Å². The van der Waals surface area contributed by atoms with Crippen molar-refractivity contribution in [2.24, 2.45) is 0 Å². The molecule has 2 amide bonds. The quantitative estimate of drug-likeness (QED) is 0.330. The van der Waals surface area contributed by atoms with Gasteiger partial charge in [0.2, 0.25) is 11.8 Å². The number of sulfonamides is 1. The van der Waals surface area contributed by atoms with Crippen molar-refractivity contribution in [2.75, 3.05) is 17.4 Å². The molecule has 0 aromatic heterocycles. The zero-order valence-electron chi connectivity index (χ0n) is 22.7. The molecule has 0 heterocycles. The molecule has 3 aromatic carbocycles. The molecule has 0 saturated heterocycles. The van der Waals surface area contributed by atoms with Crippen LogP contribution in [0.5, 0.6) is 0 Å². The van der Waals surface area contributed by atoms with Gasteiger partial charge in [-0.05, 0) is 81.6 Å². The Morgan fingerprint density at radius 1 is 0.974 bits per heavy atom. The van der Waals surface area contributed by atoms with Gasteiger partial charge in [-0.25, -0.2) is 8.42 Å². The van der Waals surface area contributed by atoms with Gasteiger partial charge in [0.25, 0.3) is 10.0 Å². The zero-order chi connectivity index (χ0) is 28.9. The molecular weight excluding hydrogens is 557 g/mol. The Hall–Kier alpha value is -3.07. The Bertz CT molecular complexity index is 1460. The summed E-state index contributed by atoms with van der Waals surface area (Å²) in [6.45, 7) is 8.79. The predicted octanol–water partition coefficient (Wildman–Crippen LogP) is 5.67. The van der Waals surface area contributed by atoms with Crippen LogP contribution in [0.4, 0.5) is 5.69 Å². The summed E-state index contributed by atoms with van der Waals surface area (Å²) in [6, 6.07) is 15.8. The van der Waals surface area contributed by atoms with Gasteiger partial charge in [-0.15, -0.1) is 0 Å². The normalized spacial score (nSPS) is 12.1. The number of carbonyl (C=O) groups is 2. The van der Waals surface area contributed by atoms with E-state index in [2.05, 4.69) is 5.32 Å². The van der Waals surface area contributed by atoms with Gasteiger partial charge < -0.3 is 10.2 Å². The van der Waals surface area contributed by atoms with E-state index in [0.717, 1.165) is 21.0 Å². The van der Waals surface area contributed by atoms with Gasteiger partial charge in [0.05, 0.1) is 10.6 Å². The molecule has 0 fully saturated rings. The Kier molecular flexibility index (Phi) is 10.0. The summed E-state index contributed by atoms with van der Waals surface area (Å²) < 4.78 is 29.0. The number of anilines is 1. The zero-order valence-corrected chi connectivity index (χ0v) is 25.0. The molecule has 0 spiro atoms. The van der Waals surface area contributed by atoms with E-state index < -0.39 is 28.5 Å². The van der Waals surface area contributed by atoms with Gasteiger partial charge in [0, 0.05) is 23.1 Å². The van der Waals surface area contributed by atoms with Crippen LogP contribution < -0.4 is 9.62 Å². The number of hydrogen-bond acceptors (Lipinski definition) is 4. The first kappa shape index (κ1) is 30.5. The molecular formula is C29H33Cl2N3O4S. The third-order valence-corrected chi connectivity index (χ3v) is 8.97. The summed E-state index contributed by atoms with van der Waals surface area (Å²) >= 11 is 12.4. The van der Waals surface area contributed by atoms with Crippen molar-refractivity contribution >= 4 is 50.7 Å². The van der Waals surface area contributed by atoms with Crippen LogP contribution in [-0.4, -0.2) is 44.3 Å². The van der Waals surface area contributed by atoms with Gasteiger partial charge in [-0.3, -0.25) is 13.9 Å². The van der Waals surface area contributed by atoms with Crippen molar-refractivity contribution < 1.29 is 18.0 Å². The highest BCUT2D eigenvalue weighted by atomic mass is 35.5. The van der Waals surface area contributed by atoms with E-state index in [4.69, 9.17) is 23.2 Å². The highest BCUT2D eigenvalue weighted by Crippen LogP contribution is 2.30. The number of likely N-dealkylation sites (N-methyl/N-ethyl adjacent to an activating group) is 1. The van der Waals surface area contributed by atoms with Gasteiger partial charge in [0.15, 0.2) is 0 Å². The van der Waals surface area contributed by atoms with Crippen molar-refractivity contribution in [3.63, 3.8) is 0 Å². The molecule has 0 unspecified atom stereocenters. The Morgan fingerprint density at radius 3 is 2.26 bits per heavy atom. The van der Waals surface area contributed by atoms with Crippen LogP contribution >= 0.6 is 23.2 Å². The topological polar surface area (TPSA) is 86.8 Å². The van der Waals surface area contributed by atoms with Gasteiger partial charge >= 0.3 is 0 Å². The van der Waals surface area contributed by atoms with E-state index in [1.807, 2.05) is 26.8 Å². The number of benzene rings is 3. The molecule has 0 saturated carbocycles. The van der Waals surface area contributed by atoms with Crippen LogP contribution in [0.15, 0.2) is 65.6 Å². The second-order valence-corrected chi connectivity index (χ2v) is 12.1. The number of halogens is 2. The van der Waals surface area contributed by atoms with E-state index in [1.54, 1.807) is 56.3 Å². The van der Waals surface area contributed by atoms with Crippen LogP contribution in [0.1, 0.15) is 36.1 Å². The summed E-state index contributed by atoms with van der Waals surface area (Å²) in [4.78, 5) is 28.2. The van der Waals surface area contributed by atoms with Crippen LogP contribution in [0.2, 0.25) is 10.0 Å². The lowest BCUT2D eigenvalue weighted by atomic mass is 10.1. The molecule has 0 aliphatic heterocycles. The van der Waals surface area contributed by atoms with Crippen molar-refractivity contribution in [2.45, 2.75) is 52.1 Å². The molecule has 0 radical (unpaired) electrons. The van der Waals surface area contributed by atoms with Gasteiger partial charge in [-0.1, -0.05) is 59.1 Å². The summed E-state index contributed by atoms with van der Waals surface area (Å²) in [5, 5.41) is 3.50. The molecule has 208 valence electrons. The van der Waals surface area contributed by atoms with Crippen molar-refractivity contribution in [1.29, 1.82) is 0 Å². The minimum Gasteiger partial charge on any atom is -0.355 e. The molecule has 0 bridgehead atoms. The molecule has 0 aliphatic rings. The molecule has 39 heavy (non-hydrogen) atoms. The molecule has 3 aromatic rings. The third kappa shape index (κ3) is 7.12. The number of carbonyl (C=O) groups excluding carboxylic acids is 2. The van der Waals surface area contributed by atoms with Crippen molar-refractivity contribution in [1.82, 2.24) is 10.2 Å². The SMILES string of the molecule is CCNC(=O)[C@@H](C)N(Cc1ccc(Cl)cc1Cl)C(=O)CN(c1cccc(C)c1C)S(=O)(=O)c1ccc(C)cc1. The van der Waals surface area contributed by atoms with Crippen LogP contribution in [-0.2, 0) is 26.2 Å². The first-order valence-electron chi connectivity index (χ1n) is 12.5. The first-order valence-corrected chi connectivity index (χ1v) is 14.7. The summed E-state index contributed by atoms with van der Waals surface area (Å²) in [6.07, 6.45) is 0. The molecule has 3 rings (SSSR count). The summed E-state index contributed by atoms with van der Waals surface area (Å²) in [7, 11) is -4.14. The summed E-state index contributed by atoms with van der Waals surface area (Å²) in [5.41, 5.74) is 3.48. The number of amides is 2. The lowest BCUT2D eigenvalue weighted by Crippen LogP contribution is -2.51. The van der Waals surface area contributed by atoms with Crippen molar-refractivity contribution in [3.8, 4) is 0 Å². The predicted molar refractivity (Wildman–Crippen MR) is 157 cm³/mol. The average molecular weight is 591 g/mol. The third-order valence-electron chi connectivity index (χ3n) is 6.61. The lowest BCUT2D eigenvalue weighted by molar-refractivity contribution is -0.139. The molecule has 1 atom stereocenters. The van der Waals surface area contributed by atoms with Crippen LogP contribution in [0.3, 0.4) is 0 Å².